The number of aromatic nitrogens is 2. The molecular formula is C23H22N2O3S2. The summed E-state index contributed by atoms with van der Waals surface area (Å²) in [5.41, 5.74) is 4.91. The molecule has 30 heavy (non-hydrogen) atoms. The van der Waals surface area contributed by atoms with Crippen LogP contribution in [0.3, 0.4) is 0 Å². The lowest BCUT2D eigenvalue weighted by atomic mass is 10.0. The van der Waals surface area contributed by atoms with Crippen LogP contribution in [0, 0.1) is 13.8 Å². The maximum atomic E-state index is 13.1. The number of benzene rings is 1. The van der Waals surface area contributed by atoms with Crippen LogP contribution in [0.2, 0.25) is 0 Å². The minimum absolute atomic E-state index is 0.0158. The molecule has 0 fully saturated rings. The van der Waals surface area contributed by atoms with Crippen LogP contribution < -0.4 is 11.2 Å². The van der Waals surface area contributed by atoms with Crippen molar-refractivity contribution in [3.05, 3.63) is 66.1 Å². The Balaban J connectivity index is 1.58. The molecule has 4 aromatic rings. The van der Waals surface area contributed by atoms with Gasteiger partial charge in [-0.15, -0.1) is 11.3 Å². The van der Waals surface area contributed by atoms with E-state index in [9.17, 15) is 9.59 Å². The van der Waals surface area contributed by atoms with Gasteiger partial charge in [0.15, 0.2) is 5.16 Å². The molecule has 5 nitrogen and oxygen atoms in total. The molecule has 3 heterocycles. The Morgan fingerprint density at radius 3 is 2.70 bits per heavy atom. The molecule has 0 radical (unpaired) electrons. The van der Waals surface area contributed by atoms with Gasteiger partial charge in [0.1, 0.15) is 10.4 Å². The van der Waals surface area contributed by atoms with Crippen LogP contribution in [0.1, 0.15) is 40.5 Å². The van der Waals surface area contributed by atoms with Gasteiger partial charge in [-0.2, -0.15) is 0 Å². The van der Waals surface area contributed by atoms with Crippen LogP contribution in [-0.2, 0) is 25.1 Å². The van der Waals surface area contributed by atoms with Crippen molar-refractivity contribution < 1.29 is 4.42 Å². The maximum absolute atomic E-state index is 13.1. The Morgan fingerprint density at radius 2 is 1.93 bits per heavy atom. The molecule has 0 amide bonds. The largest absolute Gasteiger partial charge is 0.423 e. The third kappa shape index (κ3) is 3.11. The predicted octanol–water partition coefficient (Wildman–Crippen LogP) is 4.98. The summed E-state index contributed by atoms with van der Waals surface area (Å²) in [6, 6.07) is 5.77. The molecule has 5 rings (SSSR count). The van der Waals surface area contributed by atoms with Crippen molar-refractivity contribution in [3.63, 3.8) is 0 Å². The van der Waals surface area contributed by atoms with Gasteiger partial charge in [0.25, 0.3) is 5.56 Å². The highest BCUT2D eigenvalue weighted by Gasteiger charge is 2.18. The van der Waals surface area contributed by atoms with Crippen molar-refractivity contribution in [2.75, 3.05) is 0 Å². The molecule has 154 valence electrons. The highest BCUT2D eigenvalue weighted by Crippen LogP contribution is 2.32. The van der Waals surface area contributed by atoms with Crippen LogP contribution >= 0.6 is 23.1 Å². The summed E-state index contributed by atoms with van der Waals surface area (Å²) >= 11 is 3.07. The van der Waals surface area contributed by atoms with Crippen molar-refractivity contribution >= 4 is 44.3 Å². The van der Waals surface area contributed by atoms with E-state index in [0.29, 0.717) is 23.0 Å². The van der Waals surface area contributed by atoms with E-state index in [0.717, 1.165) is 50.9 Å². The van der Waals surface area contributed by atoms with Gasteiger partial charge in [-0.1, -0.05) is 11.8 Å². The Morgan fingerprint density at radius 1 is 1.17 bits per heavy atom. The van der Waals surface area contributed by atoms with Crippen molar-refractivity contribution in [2.24, 2.45) is 0 Å². The summed E-state index contributed by atoms with van der Waals surface area (Å²) in [4.78, 5) is 32.0. The zero-order valence-electron chi connectivity index (χ0n) is 17.2. The third-order valence-corrected chi connectivity index (χ3v) is 8.10. The van der Waals surface area contributed by atoms with Gasteiger partial charge in [0.05, 0.1) is 5.39 Å². The Bertz CT molecular complexity index is 1430. The second-order valence-corrected chi connectivity index (χ2v) is 9.90. The van der Waals surface area contributed by atoms with Crippen molar-refractivity contribution in [3.8, 4) is 0 Å². The van der Waals surface area contributed by atoms with Gasteiger partial charge < -0.3 is 4.42 Å². The first-order valence-corrected chi connectivity index (χ1v) is 12.0. The SMILES string of the molecule is CCn1c(SCc2cc(=O)oc3cc4c(cc23)CCC4)nc2sc(C)c(C)c2c1=O. The smallest absolute Gasteiger partial charge is 0.336 e. The topological polar surface area (TPSA) is 65.1 Å². The molecule has 1 aliphatic carbocycles. The summed E-state index contributed by atoms with van der Waals surface area (Å²) in [5.74, 6) is 0.558. The van der Waals surface area contributed by atoms with Crippen molar-refractivity contribution in [1.82, 2.24) is 9.55 Å². The predicted molar refractivity (Wildman–Crippen MR) is 123 cm³/mol. The lowest BCUT2D eigenvalue weighted by molar-refractivity contribution is 0.559. The fourth-order valence-electron chi connectivity index (χ4n) is 4.25. The minimum Gasteiger partial charge on any atom is -0.423 e. The molecule has 1 aromatic carbocycles. The lowest BCUT2D eigenvalue weighted by Crippen LogP contribution is -2.22. The van der Waals surface area contributed by atoms with Crippen molar-refractivity contribution in [2.45, 2.75) is 57.5 Å². The third-order valence-electron chi connectivity index (χ3n) is 5.97. The highest BCUT2D eigenvalue weighted by molar-refractivity contribution is 7.98. The Labute approximate surface area is 181 Å². The molecule has 0 bridgehead atoms. The van der Waals surface area contributed by atoms with Gasteiger partial charge in [-0.05, 0) is 74.4 Å². The van der Waals surface area contributed by atoms with E-state index in [1.54, 1.807) is 22.0 Å². The van der Waals surface area contributed by atoms with E-state index >= 15 is 0 Å². The van der Waals surface area contributed by atoms with E-state index in [-0.39, 0.29) is 11.2 Å². The molecular weight excluding hydrogens is 416 g/mol. The monoisotopic (exact) mass is 438 g/mol. The van der Waals surface area contributed by atoms with Crippen molar-refractivity contribution in [1.29, 1.82) is 0 Å². The van der Waals surface area contributed by atoms with Crippen LogP contribution in [0.15, 0.2) is 37.4 Å². The van der Waals surface area contributed by atoms with Crippen LogP contribution in [-0.4, -0.2) is 9.55 Å². The molecule has 0 saturated heterocycles. The van der Waals surface area contributed by atoms with Gasteiger partial charge in [-0.3, -0.25) is 9.36 Å². The fraction of sp³-hybridized carbons (Fsp3) is 0.348. The maximum Gasteiger partial charge on any atom is 0.336 e. The zero-order chi connectivity index (χ0) is 21.0. The normalized spacial score (nSPS) is 13.4. The number of hydrogen-bond donors (Lipinski definition) is 0. The average Bonchev–Trinajstić information content (AvgIpc) is 3.28. The lowest BCUT2D eigenvalue weighted by Gasteiger charge is -2.11. The number of hydrogen-bond acceptors (Lipinski definition) is 6. The summed E-state index contributed by atoms with van der Waals surface area (Å²) in [5, 5.41) is 2.40. The molecule has 0 unspecified atom stereocenters. The second-order valence-electron chi connectivity index (χ2n) is 7.76. The molecule has 0 aliphatic heterocycles. The molecule has 0 spiro atoms. The average molecular weight is 439 g/mol. The molecule has 7 heteroatoms. The summed E-state index contributed by atoms with van der Waals surface area (Å²) in [7, 11) is 0. The number of thiophene rings is 1. The van der Waals surface area contributed by atoms with E-state index in [2.05, 4.69) is 6.07 Å². The van der Waals surface area contributed by atoms with Gasteiger partial charge in [0, 0.05) is 28.6 Å². The molecule has 0 N–H and O–H groups in total. The number of thioether (sulfide) groups is 1. The van der Waals surface area contributed by atoms with Crippen LogP contribution in [0.5, 0.6) is 0 Å². The summed E-state index contributed by atoms with van der Waals surface area (Å²) in [6.45, 7) is 6.53. The van der Waals surface area contributed by atoms with Crippen LogP contribution in [0.25, 0.3) is 21.2 Å². The number of aryl methyl sites for hydroxylation is 4. The number of rotatable bonds is 4. The van der Waals surface area contributed by atoms with Gasteiger partial charge >= 0.3 is 5.63 Å². The second kappa shape index (κ2) is 7.39. The molecule has 3 aromatic heterocycles. The summed E-state index contributed by atoms with van der Waals surface area (Å²) in [6.07, 6.45) is 3.26. The van der Waals surface area contributed by atoms with Gasteiger partial charge in [-0.25, -0.2) is 9.78 Å². The highest BCUT2D eigenvalue weighted by atomic mass is 32.2. The van der Waals surface area contributed by atoms with Gasteiger partial charge in [0.2, 0.25) is 0 Å². The minimum atomic E-state index is -0.336. The first-order chi connectivity index (χ1) is 14.5. The molecule has 0 saturated carbocycles. The van der Waals surface area contributed by atoms with E-state index in [1.807, 2.05) is 26.8 Å². The standard InChI is InChI=1S/C23H22N2O3S2/c1-4-25-22(27)20-12(2)13(3)30-21(20)24-23(25)29-11-16-10-19(26)28-18-9-15-7-5-6-14(15)8-17(16)18/h8-10H,4-7,11H2,1-3H3. The van der Waals surface area contributed by atoms with E-state index in [1.165, 1.54) is 22.9 Å². The van der Waals surface area contributed by atoms with E-state index < -0.39 is 0 Å². The fourth-order valence-corrected chi connectivity index (χ4v) is 6.38. The Hall–Kier alpha value is -2.38. The van der Waals surface area contributed by atoms with Crippen LogP contribution in [0.4, 0.5) is 0 Å². The zero-order valence-corrected chi connectivity index (χ0v) is 18.8. The summed E-state index contributed by atoms with van der Waals surface area (Å²) < 4.78 is 7.22. The number of fused-ring (bicyclic) bond motifs is 3. The van der Waals surface area contributed by atoms with E-state index in [4.69, 9.17) is 9.40 Å². The Kier molecular flexibility index (Phi) is 4.82. The molecule has 1 aliphatic rings. The molecule has 0 atom stereocenters. The first kappa shape index (κ1) is 19.6. The number of nitrogens with zero attached hydrogens (tertiary/aromatic N) is 2. The first-order valence-electron chi connectivity index (χ1n) is 10.2. The quantitative estimate of drug-likeness (QED) is 0.255.